The molecule has 0 spiro atoms. The van der Waals surface area contributed by atoms with E-state index < -0.39 is 17.7 Å². The van der Waals surface area contributed by atoms with Crippen LogP contribution in [0.1, 0.15) is 17.2 Å². The molecule has 1 unspecified atom stereocenters. The summed E-state index contributed by atoms with van der Waals surface area (Å²) in [6.07, 6.45) is 1.67. The fourth-order valence-electron chi connectivity index (χ4n) is 2.40. The lowest BCUT2D eigenvalue weighted by molar-refractivity contribution is 0.511. The monoisotopic (exact) mass is 285 g/mol. The maximum absolute atomic E-state index is 13.9. The minimum absolute atomic E-state index is 0.102. The number of nitrogens with one attached hydrogen (secondary N) is 1. The Morgan fingerprint density at radius 3 is 2.48 bits per heavy atom. The van der Waals surface area contributed by atoms with Gasteiger partial charge in [-0.15, -0.1) is 0 Å². The van der Waals surface area contributed by atoms with E-state index in [1.807, 2.05) is 18.2 Å². The number of fused-ring (bicyclic) bond motifs is 1. The standard InChI is InChI=1S/C16H13F2N3/c17-12-4-1-5-13(18)15(12)16(21-19)11-7-6-10-3-2-8-20-14(10)9-11/h1-9,16,21H,19H2. The van der Waals surface area contributed by atoms with Crippen LogP contribution < -0.4 is 11.3 Å². The normalized spacial score (nSPS) is 12.5. The minimum Gasteiger partial charge on any atom is -0.271 e. The molecule has 0 aliphatic heterocycles. The average Bonchev–Trinajstić information content (AvgIpc) is 2.50. The summed E-state index contributed by atoms with van der Waals surface area (Å²) < 4.78 is 27.9. The number of pyridine rings is 1. The largest absolute Gasteiger partial charge is 0.271 e. The summed E-state index contributed by atoms with van der Waals surface area (Å²) in [6, 6.07) is 12.1. The number of nitrogens with two attached hydrogens (primary N) is 1. The molecule has 5 heteroatoms. The van der Waals surface area contributed by atoms with Crippen LogP contribution in [0.15, 0.2) is 54.7 Å². The van der Waals surface area contributed by atoms with Crippen molar-refractivity contribution < 1.29 is 8.78 Å². The van der Waals surface area contributed by atoms with Gasteiger partial charge in [0.15, 0.2) is 0 Å². The summed E-state index contributed by atoms with van der Waals surface area (Å²) in [5, 5.41) is 0.950. The number of hydrogen-bond donors (Lipinski definition) is 2. The molecule has 2 aromatic carbocycles. The zero-order valence-electron chi connectivity index (χ0n) is 11.1. The van der Waals surface area contributed by atoms with Gasteiger partial charge in [-0.1, -0.05) is 24.3 Å². The highest BCUT2D eigenvalue weighted by atomic mass is 19.1. The van der Waals surface area contributed by atoms with Crippen molar-refractivity contribution in [1.29, 1.82) is 0 Å². The van der Waals surface area contributed by atoms with Crippen LogP contribution in [0.2, 0.25) is 0 Å². The van der Waals surface area contributed by atoms with Crippen LogP contribution in [0.3, 0.4) is 0 Å². The summed E-state index contributed by atoms with van der Waals surface area (Å²) in [7, 11) is 0. The van der Waals surface area contributed by atoms with E-state index in [1.54, 1.807) is 18.3 Å². The Bertz CT molecular complexity index is 769. The second kappa shape index (κ2) is 5.55. The van der Waals surface area contributed by atoms with Crippen molar-refractivity contribution in [2.75, 3.05) is 0 Å². The predicted molar refractivity (Wildman–Crippen MR) is 77.3 cm³/mol. The molecule has 0 saturated carbocycles. The van der Waals surface area contributed by atoms with Gasteiger partial charge >= 0.3 is 0 Å². The van der Waals surface area contributed by atoms with Crippen molar-refractivity contribution in [3.05, 3.63) is 77.5 Å². The van der Waals surface area contributed by atoms with Crippen LogP contribution in [0.4, 0.5) is 8.78 Å². The summed E-state index contributed by atoms with van der Waals surface area (Å²) >= 11 is 0. The van der Waals surface area contributed by atoms with Crippen molar-refractivity contribution in [2.45, 2.75) is 6.04 Å². The second-order valence-electron chi connectivity index (χ2n) is 4.69. The van der Waals surface area contributed by atoms with Gasteiger partial charge in [-0.25, -0.2) is 14.2 Å². The van der Waals surface area contributed by atoms with Crippen molar-refractivity contribution in [3.8, 4) is 0 Å². The van der Waals surface area contributed by atoms with Crippen LogP contribution in [-0.2, 0) is 0 Å². The third-order valence-corrected chi connectivity index (χ3v) is 3.42. The van der Waals surface area contributed by atoms with Gasteiger partial charge < -0.3 is 0 Å². The molecule has 3 N–H and O–H groups in total. The molecular formula is C16H13F2N3. The van der Waals surface area contributed by atoms with E-state index >= 15 is 0 Å². The molecule has 0 radical (unpaired) electrons. The number of hydrogen-bond acceptors (Lipinski definition) is 3. The summed E-state index contributed by atoms with van der Waals surface area (Å²) in [5.41, 5.74) is 3.76. The fourth-order valence-corrected chi connectivity index (χ4v) is 2.40. The highest BCUT2D eigenvalue weighted by molar-refractivity contribution is 5.79. The first-order valence-corrected chi connectivity index (χ1v) is 6.45. The fraction of sp³-hybridized carbons (Fsp3) is 0.0625. The van der Waals surface area contributed by atoms with E-state index in [0.717, 1.165) is 10.9 Å². The topological polar surface area (TPSA) is 50.9 Å². The Balaban J connectivity index is 2.14. The third-order valence-electron chi connectivity index (χ3n) is 3.42. The Kier molecular flexibility index (Phi) is 3.60. The number of halogens is 2. The Hall–Kier alpha value is -2.37. The van der Waals surface area contributed by atoms with E-state index in [-0.39, 0.29) is 5.56 Å². The average molecular weight is 285 g/mol. The quantitative estimate of drug-likeness (QED) is 0.574. The van der Waals surface area contributed by atoms with E-state index in [9.17, 15) is 8.78 Å². The molecule has 0 fully saturated rings. The molecular weight excluding hydrogens is 272 g/mol. The van der Waals surface area contributed by atoms with Crippen LogP contribution in [-0.4, -0.2) is 4.98 Å². The SMILES string of the molecule is NNC(c1ccc2cccnc2c1)c1c(F)cccc1F. The molecule has 3 rings (SSSR count). The van der Waals surface area contributed by atoms with Gasteiger partial charge in [-0.3, -0.25) is 10.8 Å². The van der Waals surface area contributed by atoms with Gasteiger partial charge in [-0.2, -0.15) is 0 Å². The zero-order chi connectivity index (χ0) is 14.8. The van der Waals surface area contributed by atoms with Crippen molar-refractivity contribution in [1.82, 2.24) is 10.4 Å². The first-order chi connectivity index (χ1) is 10.2. The van der Waals surface area contributed by atoms with Crippen LogP contribution in [0, 0.1) is 11.6 Å². The molecule has 1 aromatic heterocycles. The number of aromatic nitrogens is 1. The molecule has 0 amide bonds. The van der Waals surface area contributed by atoms with Crippen molar-refractivity contribution in [2.24, 2.45) is 5.84 Å². The molecule has 3 nitrogen and oxygen atoms in total. The van der Waals surface area contributed by atoms with Crippen molar-refractivity contribution >= 4 is 10.9 Å². The smallest absolute Gasteiger partial charge is 0.131 e. The Labute approximate surface area is 120 Å². The maximum Gasteiger partial charge on any atom is 0.131 e. The van der Waals surface area contributed by atoms with Gasteiger partial charge in [-0.05, 0) is 29.8 Å². The second-order valence-corrected chi connectivity index (χ2v) is 4.69. The highest BCUT2D eigenvalue weighted by Crippen LogP contribution is 2.28. The van der Waals surface area contributed by atoms with Crippen LogP contribution in [0.25, 0.3) is 10.9 Å². The highest BCUT2D eigenvalue weighted by Gasteiger charge is 2.21. The zero-order valence-corrected chi connectivity index (χ0v) is 11.1. The maximum atomic E-state index is 13.9. The first kappa shape index (κ1) is 13.6. The number of benzene rings is 2. The number of hydrazine groups is 1. The van der Waals surface area contributed by atoms with Gasteiger partial charge in [0.25, 0.3) is 0 Å². The van der Waals surface area contributed by atoms with Gasteiger partial charge in [0, 0.05) is 17.1 Å². The lowest BCUT2D eigenvalue weighted by Crippen LogP contribution is -2.30. The molecule has 106 valence electrons. The van der Waals surface area contributed by atoms with E-state index in [2.05, 4.69) is 10.4 Å². The van der Waals surface area contributed by atoms with Crippen molar-refractivity contribution in [3.63, 3.8) is 0 Å². The van der Waals surface area contributed by atoms with E-state index in [1.165, 1.54) is 18.2 Å². The summed E-state index contributed by atoms with van der Waals surface area (Å²) in [6.45, 7) is 0. The molecule has 0 bridgehead atoms. The van der Waals surface area contributed by atoms with Crippen LogP contribution >= 0.6 is 0 Å². The number of nitrogens with zero attached hydrogens (tertiary/aromatic N) is 1. The van der Waals surface area contributed by atoms with Crippen LogP contribution in [0.5, 0.6) is 0 Å². The molecule has 1 heterocycles. The predicted octanol–water partition coefficient (Wildman–Crippen LogP) is 3.07. The lowest BCUT2D eigenvalue weighted by atomic mass is 9.97. The van der Waals surface area contributed by atoms with E-state index in [4.69, 9.17) is 5.84 Å². The molecule has 0 saturated heterocycles. The Morgan fingerprint density at radius 1 is 1.00 bits per heavy atom. The van der Waals surface area contributed by atoms with Gasteiger partial charge in [0.1, 0.15) is 11.6 Å². The summed E-state index contributed by atoms with van der Waals surface area (Å²) in [5.74, 6) is 4.24. The molecule has 0 aliphatic carbocycles. The first-order valence-electron chi connectivity index (χ1n) is 6.45. The molecule has 21 heavy (non-hydrogen) atoms. The molecule has 0 aliphatic rings. The lowest BCUT2D eigenvalue weighted by Gasteiger charge is -2.18. The molecule has 1 atom stereocenters. The van der Waals surface area contributed by atoms with E-state index in [0.29, 0.717) is 5.56 Å². The minimum atomic E-state index is -0.780. The number of rotatable bonds is 3. The Morgan fingerprint density at radius 2 is 1.76 bits per heavy atom. The van der Waals surface area contributed by atoms with Gasteiger partial charge in [0.2, 0.25) is 0 Å². The molecule has 3 aromatic rings. The summed E-state index contributed by atoms with van der Waals surface area (Å²) in [4.78, 5) is 4.24. The third kappa shape index (κ3) is 2.49. The van der Waals surface area contributed by atoms with Gasteiger partial charge in [0.05, 0.1) is 11.6 Å².